The summed E-state index contributed by atoms with van der Waals surface area (Å²) in [6, 6.07) is 8.40. The van der Waals surface area contributed by atoms with Crippen molar-refractivity contribution < 1.29 is 4.74 Å². The van der Waals surface area contributed by atoms with Crippen molar-refractivity contribution in [3.63, 3.8) is 0 Å². The van der Waals surface area contributed by atoms with Crippen molar-refractivity contribution in [3.8, 4) is 5.75 Å². The maximum absolute atomic E-state index is 6.05. The Labute approximate surface area is 98.8 Å². The molecule has 1 aliphatic rings. The normalized spacial score (nSPS) is 30.1. The molecule has 1 aliphatic carbocycles. The molecule has 1 heteroatoms. The standard InChI is InChI=1S/C15H22O/c1-11-4-6-14(7-5-11)16-15-9-12(2)8-13(3)10-15/h4-7,12-13,15H,8-10H2,1-3H3. The number of benzene rings is 1. The van der Waals surface area contributed by atoms with Gasteiger partial charge in [0.1, 0.15) is 5.75 Å². The van der Waals surface area contributed by atoms with Gasteiger partial charge in [0.25, 0.3) is 0 Å². The van der Waals surface area contributed by atoms with Crippen LogP contribution in [0.1, 0.15) is 38.7 Å². The third-order valence-corrected chi connectivity index (χ3v) is 3.46. The molecule has 0 spiro atoms. The van der Waals surface area contributed by atoms with Crippen molar-refractivity contribution >= 4 is 0 Å². The summed E-state index contributed by atoms with van der Waals surface area (Å²) in [6.45, 7) is 6.77. The van der Waals surface area contributed by atoms with E-state index < -0.39 is 0 Å². The van der Waals surface area contributed by atoms with Crippen LogP contribution < -0.4 is 4.74 Å². The smallest absolute Gasteiger partial charge is 0.119 e. The molecule has 0 heterocycles. The zero-order valence-electron chi connectivity index (χ0n) is 10.6. The second-order valence-electron chi connectivity index (χ2n) is 5.47. The number of hydrogen-bond acceptors (Lipinski definition) is 1. The van der Waals surface area contributed by atoms with Crippen LogP contribution in [0.4, 0.5) is 0 Å². The molecule has 88 valence electrons. The molecule has 1 saturated carbocycles. The molecule has 0 radical (unpaired) electrons. The summed E-state index contributed by atoms with van der Waals surface area (Å²) < 4.78 is 6.05. The number of rotatable bonds is 2. The Bertz CT molecular complexity index is 318. The summed E-state index contributed by atoms with van der Waals surface area (Å²) in [5.74, 6) is 2.63. The van der Waals surface area contributed by atoms with Gasteiger partial charge >= 0.3 is 0 Å². The molecule has 0 aliphatic heterocycles. The van der Waals surface area contributed by atoms with Gasteiger partial charge in [-0.15, -0.1) is 0 Å². The van der Waals surface area contributed by atoms with Gasteiger partial charge in [-0.3, -0.25) is 0 Å². The Balaban J connectivity index is 1.96. The highest BCUT2D eigenvalue weighted by Crippen LogP contribution is 2.31. The average Bonchev–Trinajstić information content (AvgIpc) is 2.20. The molecule has 1 aromatic carbocycles. The topological polar surface area (TPSA) is 9.23 Å². The van der Waals surface area contributed by atoms with Gasteiger partial charge in [-0.05, 0) is 50.2 Å². The fourth-order valence-corrected chi connectivity index (χ4v) is 2.78. The van der Waals surface area contributed by atoms with E-state index in [0.29, 0.717) is 6.10 Å². The lowest BCUT2D eigenvalue weighted by Gasteiger charge is -2.31. The maximum atomic E-state index is 6.05. The van der Waals surface area contributed by atoms with Gasteiger partial charge in [-0.2, -0.15) is 0 Å². The third-order valence-electron chi connectivity index (χ3n) is 3.46. The largest absolute Gasteiger partial charge is 0.490 e. The number of hydrogen-bond donors (Lipinski definition) is 0. The molecule has 0 bridgehead atoms. The zero-order valence-corrected chi connectivity index (χ0v) is 10.6. The molecule has 2 atom stereocenters. The van der Waals surface area contributed by atoms with Gasteiger partial charge in [0.05, 0.1) is 6.10 Å². The van der Waals surface area contributed by atoms with Gasteiger partial charge in [-0.1, -0.05) is 31.5 Å². The highest BCUT2D eigenvalue weighted by Gasteiger charge is 2.25. The lowest BCUT2D eigenvalue weighted by molar-refractivity contribution is 0.101. The van der Waals surface area contributed by atoms with Gasteiger partial charge in [-0.25, -0.2) is 0 Å². The van der Waals surface area contributed by atoms with Crippen LogP contribution in [-0.4, -0.2) is 6.10 Å². The van der Waals surface area contributed by atoms with E-state index in [1.54, 1.807) is 0 Å². The average molecular weight is 218 g/mol. The van der Waals surface area contributed by atoms with Crippen LogP contribution in [0.15, 0.2) is 24.3 Å². The first kappa shape index (κ1) is 11.5. The predicted molar refractivity (Wildman–Crippen MR) is 67.8 cm³/mol. The zero-order chi connectivity index (χ0) is 11.5. The highest BCUT2D eigenvalue weighted by molar-refractivity contribution is 5.26. The van der Waals surface area contributed by atoms with Crippen LogP contribution >= 0.6 is 0 Å². The summed E-state index contributed by atoms with van der Waals surface area (Å²) in [4.78, 5) is 0. The third kappa shape index (κ3) is 3.01. The minimum Gasteiger partial charge on any atom is -0.490 e. The molecule has 0 N–H and O–H groups in total. The Kier molecular flexibility index (Phi) is 3.52. The molecule has 0 amide bonds. The molecule has 2 rings (SSSR count). The molecule has 2 unspecified atom stereocenters. The monoisotopic (exact) mass is 218 g/mol. The van der Waals surface area contributed by atoms with Crippen molar-refractivity contribution in [1.82, 2.24) is 0 Å². The second kappa shape index (κ2) is 4.90. The molecular formula is C15H22O. The van der Waals surface area contributed by atoms with E-state index in [9.17, 15) is 0 Å². The van der Waals surface area contributed by atoms with Gasteiger partial charge in [0.2, 0.25) is 0 Å². The summed E-state index contributed by atoms with van der Waals surface area (Å²) in [7, 11) is 0. The first-order chi connectivity index (χ1) is 7.63. The minimum atomic E-state index is 0.418. The molecule has 1 aromatic rings. The SMILES string of the molecule is Cc1ccc(OC2CC(C)CC(C)C2)cc1. The van der Waals surface area contributed by atoms with E-state index in [1.165, 1.54) is 24.8 Å². The lowest BCUT2D eigenvalue weighted by Crippen LogP contribution is -2.28. The van der Waals surface area contributed by atoms with Crippen molar-refractivity contribution in [2.45, 2.75) is 46.1 Å². The Hall–Kier alpha value is -0.980. The van der Waals surface area contributed by atoms with Gasteiger partial charge in [0.15, 0.2) is 0 Å². The van der Waals surface area contributed by atoms with E-state index in [0.717, 1.165) is 17.6 Å². The predicted octanol–water partition coefficient (Wildman–Crippen LogP) is 4.20. The van der Waals surface area contributed by atoms with Crippen LogP contribution in [0.25, 0.3) is 0 Å². The Morgan fingerprint density at radius 2 is 1.50 bits per heavy atom. The van der Waals surface area contributed by atoms with Crippen molar-refractivity contribution in [2.75, 3.05) is 0 Å². The highest BCUT2D eigenvalue weighted by atomic mass is 16.5. The van der Waals surface area contributed by atoms with E-state index in [-0.39, 0.29) is 0 Å². The fourth-order valence-electron chi connectivity index (χ4n) is 2.78. The lowest BCUT2D eigenvalue weighted by atomic mass is 9.82. The molecule has 1 nitrogen and oxygen atoms in total. The molecule has 1 fully saturated rings. The first-order valence-electron chi connectivity index (χ1n) is 6.37. The van der Waals surface area contributed by atoms with Crippen molar-refractivity contribution in [3.05, 3.63) is 29.8 Å². The molecule has 0 saturated heterocycles. The number of ether oxygens (including phenoxy) is 1. The van der Waals surface area contributed by atoms with Crippen LogP contribution in [0.3, 0.4) is 0 Å². The maximum Gasteiger partial charge on any atom is 0.119 e. The van der Waals surface area contributed by atoms with E-state index >= 15 is 0 Å². The fraction of sp³-hybridized carbons (Fsp3) is 0.600. The van der Waals surface area contributed by atoms with Crippen LogP contribution in [-0.2, 0) is 0 Å². The minimum absolute atomic E-state index is 0.418. The quantitative estimate of drug-likeness (QED) is 0.723. The van der Waals surface area contributed by atoms with Crippen LogP contribution in [0.5, 0.6) is 5.75 Å². The van der Waals surface area contributed by atoms with E-state index in [1.807, 2.05) is 0 Å². The summed E-state index contributed by atoms with van der Waals surface area (Å²) >= 11 is 0. The molecular weight excluding hydrogens is 196 g/mol. The van der Waals surface area contributed by atoms with Gasteiger partial charge < -0.3 is 4.74 Å². The number of aryl methyl sites for hydroxylation is 1. The second-order valence-corrected chi connectivity index (χ2v) is 5.47. The Morgan fingerprint density at radius 3 is 2.06 bits per heavy atom. The Morgan fingerprint density at radius 1 is 0.938 bits per heavy atom. The summed E-state index contributed by atoms with van der Waals surface area (Å²) in [5.41, 5.74) is 1.29. The van der Waals surface area contributed by atoms with Crippen molar-refractivity contribution in [2.24, 2.45) is 11.8 Å². The van der Waals surface area contributed by atoms with Crippen LogP contribution in [0, 0.1) is 18.8 Å². The van der Waals surface area contributed by atoms with Crippen LogP contribution in [0.2, 0.25) is 0 Å². The van der Waals surface area contributed by atoms with E-state index in [2.05, 4.69) is 45.0 Å². The summed E-state index contributed by atoms with van der Waals surface area (Å²) in [6.07, 6.45) is 4.19. The molecule has 16 heavy (non-hydrogen) atoms. The molecule has 0 aromatic heterocycles. The van der Waals surface area contributed by atoms with Gasteiger partial charge in [0, 0.05) is 0 Å². The van der Waals surface area contributed by atoms with Crippen molar-refractivity contribution in [1.29, 1.82) is 0 Å². The summed E-state index contributed by atoms with van der Waals surface area (Å²) in [5, 5.41) is 0. The first-order valence-corrected chi connectivity index (χ1v) is 6.37. The van der Waals surface area contributed by atoms with E-state index in [4.69, 9.17) is 4.74 Å².